The van der Waals surface area contributed by atoms with E-state index in [0.29, 0.717) is 12.3 Å². The standard InChI is InChI=1S/C27H23NO3/c1-3-31-17-11-9-16(10-12-17)28-26(29)24-22-18-6-4-5-7-19(18)23(25(24)27(28)30)21-14-15(2)8-13-20(21)22/h4-14,22-25H,3H2,1-2H3. The largest absolute Gasteiger partial charge is 0.494 e. The maximum atomic E-state index is 13.7. The number of benzene rings is 3. The van der Waals surface area contributed by atoms with Crippen molar-refractivity contribution in [3.05, 3.63) is 94.5 Å². The maximum absolute atomic E-state index is 13.7. The molecule has 1 heterocycles. The Balaban J connectivity index is 1.50. The predicted octanol–water partition coefficient (Wildman–Crippen LogP) is 4.79. The molecule has 7 rings (SSSR count). The van der Waals surface area contributed by atoms with Crippen LogP contribution < -0.4 is 9.64 Å². The Morgan fingerprint density at radius 3 is 1.97 bits per heavy atom. The molecule has 3 aromatic carbocycles. The molecule has 4 nitrogen and oxygen atoms in total. The van der Waals surface area contributed by atoms with Gasteiger partial charge in [0.1, 0.15) is 5.75 Å². The van der Waals surface area contributed by atoms with Gasteiger partial charge in [-0.25, -0.2) is 4.90 Å². The molecule has 0 N–H and O–H groups in total. The number of amides is 2. The second-order valence-electron chi connectivity index (χ2n) is 8.71. The third kappa shape index (κ3) is 2.42. The summed E-state index contributed by atoms with van der Waals surface area (Å²) in [4.78, 5) is 28.9. The Morgan fingerprint density at radius 2 is 1.35 bits per heavy atom. The maximum Gasteiger partial charge on any atom is 0.238 e. The molecule has 4 heteroatoms. The fourth-order valence-corrected chi connectivity index (χ4v) is 5.96. The van der Waals surface area contributed by atoms with Crippen LogP contribution in [0.5, 0.6) is 5.75 Å². The first kappa shape index (κ1) is 18.4. The Bertz CT molecular complexity index is 1230. The molecule has 1 aliphatic heterocycles. The summed E-state index contributed by atoms with van der Waals surface area (Å²) in [5.41, 5.74) is 6.60. The molecule has 154 valence electrons. The van der Waals surface area contributed by atoms with Crippen molar-refractivity contribution in [2.45, 2.75) is 25.7 Å². The van der Waals surface area contributed by atoms with Crippen molar-refractivity contribution in [2.24, 2.45) is 11.8 Å². The average molecular weight is 409 g/mol. The molecule has 0 radical (unpaired) electrons. The number of nitrogens with zero attached hydrogens (tertiary/aromatic N) is 1. The van der Waals surface area contributed by atoms with Gasteiger partial charge >= 0.3 is 0 Å². The van der Waals surface area contributed by atoms with Crippen LogP contribution in [0.1, 0.15) is 46.6 Å². The Kier molecular flexibility index (Phi) is 3.88. The van der Waals surface area contributed by atoms with Crippen LogP contribution in [0.2, 0.25) is 0 Å². The van der Waals surface area contributed by atoms with Crippen molar-refractivity contribution in [3.63, 3.8) is 0 Å². The van der Waals surface area contributed by atoms with E-state index in [1.54, 1.807) is 0 Å². The second kappa shape index (κ2) is 6.55. The summed E-state index contributed by atoms with van der Waals surface area (Å²) in [6, 6.07) is 22.1. The van der Waals surface area contributed by atoms with Crippen molar-refractivity contribution in [1.82, 2.24) is 0 Å². The van der Waals surface area contributed by atoms with Gasteiger partial charge in [0.25, 0.3) is 0 Å². The predicted molar refractivity (Wildman–Crippen MR) is 118 cm³/mol. The number of carbonyl (C=O) groups is 2. The molecule has 2 amide bonds. The van der Waals surface area contributed by atoms with E-state index in [-0.39, 0.29) is 35.5 Å². The molecule has 0 aromatic heterocycles. The Labute approximate surface area is 181 Å². The van der Waals surface area contributed by atoms with Crippen LogP contribution in [-0.4, -0.2) is 18.4 Å². The van der Waals surface area contributed by atoms with Gasteiger partial charge in [-0.05, 0) is 60.4 Å². The summed E-state index contributed by atoms with van der Waals surface area (Å²) < 4.78 is 5.52. The van der Waals surface area contributed by atoms with Crippen molar-refractivity contribution in [1.29, 1.82) is 0 Å². The number of anilines is 1. The topological polar surface area (TPSA) is 46.6 Å². The number of rotatable bonds is 3. The zero-order valence-corrected chi connectivity index (χ0v) is 17.5. The number of ether oxygens (including phenoxy) is 1. The summed E-state index contributed by atoms with van der Waals surface area (Å²) >= 11 is 0. The van der Waals surface area contributed by atoms with Gasteiger partial charge in [-0.2, -0.15) is 0 Å². The van der Waals surface area contributed by atoms with Crippen LogP contribution in [0.4, 0.5) is 5.69 Å². The average Bonchev–Trinajstić information content (AvgIpc) is 3.05. The van der Waals surface area contributed by atoms with E-state index in [4.69, 9.17) is 4.74 Å². The summed E-state index contributed by atoms with van der Waals surface area (Å²) in [5, 5.41) is 0. The van der Waals surface area contributed by atoms with E-state index in [2.05, 4.69) is 37.3 Å². The molecule has 4 unspecified atom stereocenters. The highest BCUT2D eigenvalue weighted by atomic mass is 16.5. The number of aryl methyl sites for hydroxylation is 1. The molecule has 0 spiro atoms. The Morgan fingerprint density at radius 1 is 0.774 bits per heavy atom. The monoisotopic (exact) mass is 409 g/mol. The zero-order chi connectivity index (χ0) is 21.3. The molecule has 4 aliphatic rings. The highest BCUT2D eigenvalue weighted by Crippen LogP contribution is 2.61. The molecule has 0 saturated carbocycles. The number of hydrogen-bond donors (Lipinski definition) is 0. The van der Waals surface area contributed by atoms with Gasteiger partial charge in [-0.1, -0.05) is 48.0 Å². The second-order valence-corrected chi connectivity index (χ2v) is 8.71. The van der Waals surface area contributed by atoms with E-state index in [9.17, 15) is 9.59 Å². The highest BCUT2D eigenvalue weighted by molar-refractivity contribution is 6.23. The molecule has 4 atom stereocenters. The van der Waals surface area contributed by atoms with Crippen molar-refractivity contribution in [3.8, 4) is 5.75 Å². The Hall–Kier alpha value is -3.40. The van der Waals surface area contributed by atoms with E-state index in [1.165, 1.54) is 32.7 Å². The number of imide groups is 1. The van der Waals surface area contributed by atoms with Crippen LogP contribution >= 0.6 is 0 Å². The molecule has 1 saturated heterocycles. The molecule has 3 aromatic rings. The van der Waals surface area contributed by atoms with Gasteiger partial charge < -0.3 is 4.74 Å². The van der Waals surface area contributed by atoms with Crippen molar-refractivity contribution >= 4 is 17.5 Å². The van der Waals surface area contributed by atoms with Gasteiger partial charge in [-0.15, -0.1) is 0 Å². The summed E-state index contributed by atoms with van der Waals surface area (Å²) in [5.74, 6) is -0.303. The lowest BCUT2D eigenvalue weighted by Crippen LogP contribution is -2.41. The molecule has 31 heavy (non-hydrogen) atoms. The lowest BCUT2D eigenvalue weighted by atomic mass is 9.55. The van der Waals surface area contributed by atoms with Crippen LogP contribution in [0.15, 0.2) is 66.7 Å². The van der Waals surface area contributed by atoms with Gasteiger partial charge in [0, 0.05) is 11.8 Å². The summed E-state index contributed by atoms with van der Waals surface area (Å²) in [7, 11) is 0. The highest BCUT2D eigenvalue weighted by Gasteiger charge is 2.61. The van der Waals surface area contributed by atoms with Crippen molar-refractivity contribution in [2.75, 3.05) is 11.5 Å². The fourth-order valence-electron chi connectivity index (χ4n) is 5.96. The normalized spacial score (nSPS) is 25.3. The summed E-state index contributed by atoms with van der Waals surface area (Å²) in [6.45, 7) is 4.59. The van der Waals surface area contributed by atoms with Gasteiger partial charge in [0.2, 0.25) is 11.8 Å². The smallest absolute Gasteiger partial charge is 0.238 e. The van der Waals surface area contributed by atoms with Crippen LogP contribution in [0.25, 0.3) is 0 Å². The zero-order valence-electron chi connectivity index (χ0n) is 17.5. The molecule has 2 bridgehead atoms. The van der Waals surface area contributed by atoms with Gasteiger partial charge in [0.15, 0.2) is 0 Å². The SMILES string of the molecule is CCOc1ccc(N2C(=O)C3C4c5ccccc5C(c5cc(C)ccc54)C3C2=O)cc1. The third-order valence-electron chi connectivity index (χ3n) is 7.10. The molecule has 1 fully saturated rings. The third-order valence-corrected chi connectivity index (χ3v) is 7.10. The van der Waals surface area contributed by atoms with Crippen molar-refractivity contribution < 1.29 is 14.3 Å². The van der Waals surface area contributed by atoms with E-state index >= 15 is 0 Å². The molecular weight excluding hydrogens is 386 g/mol. The lowest BCUT2D eigenvalue weighted by Gasteiger charge is -2.46. The summed E-state index contributed by atoms with van der Waals surface area (Å²) in [6.07, 6.45) is 0. The first-order valence-corrected chi connectivity index (χ1v) is 10.9. The van der Waals surface area contributed by atoms with Crippen LogP contribution in [0, 0.1) is 18.8 Å². The quantitative estimate of drug-likeness (QED) is 0.585. The fraction of sp³-hybridized carbons (Fsp3) is 0.259. The van der Waals surface area contributed by atoms with Gasteiger partial charge in [-0.3, -0.25) is 9.59 Å². The number of hydrogen-bond acceptors (Lipinski definition) is 3. The minimum absolute atomic E-state index is 0.0778. The van der Waals surface area contributed by atoms with E-state index in [0.717, 1.165) is 5.75 Å². The first-order chi connectivity index (χ1) is 15.1. The first-order valence-electron chi connectivity index (χ1n) is 10.9. The lowest BCUT2D eigenvalue weighted by molar-refractivity contribution is -0.122. The van der Waals surface area contributed by atoms with E-state index in [1.807, 2.05) is 43.3 Å². The van der Waals surface area contributed by atoms with E-state index < -0.39 is 0 Å². The van der Waals surface area contributed by atoms with Gasteiger partial charge in [0.05, 0.1) is 24.1 Å². The van der Waals surface area contributed by atoms with Crippen LogP contribution in [-0.2, 0) is 9.59 Å². The molecular formula is C27H23NO3. The minimum atomic E-state index is -0.353. The van der Waals surface area contributed by atoms with Crippen LogP contribution in [0.3, 0.4) is 0 Å². The number of carbonyl (C=O) groups excluding carboxylic acids is 2. The molecule has 3 aliphatic carbocycles. The minimum Gasteiger partial charge on any atom is -0.494 e.